The van der Waals surface area contributed by atoms with Crippen LogP contribution in [0.25, 0.3) is 0 Å². The van der Waals surface area contributed by atoms with Crippen molar-refractivity contribution in [3.8, 4) is 0 Å². The van der Waals surface area contributed by atoms with E-state index in [0.29, 0.717) is 5.56 Å². The van der Waals surface area contributed by atoms with Gasteiger partial charge in [-0.2, -0.15) is 0 Å². The lowest BCUT2D eigenvalue weighted by molar-refractivity contribution is -0.139. The molecule has 0 aromatic heterocycles. The number of hydrogen-bond acceptors (Lipinski definition) is 3. The van der Waals surface area contributed by atoms with Crippen LogP contribution in [0, 0.1) is 5.82 Å². The number of piperidine rings is 1. The molecule has 0 bridgehead atoms. The molecule has 6 heteroatoms. The summed E-state index contributed by atoms with van der Waals surface area (Å²) in [6, 6.07) is 3.83. The Kier molecular flexibility index (Phi) is 3.33. The van der Waals surface area contributed by atoms with Gasteiger partial charge in [-0.25, -0.2) is 10.2 Å². The lowest BCUT2D eigenvalue weighted by atomic mass is 9.89. The monoisotopic (exact) mass is 258 g/mol. The molecule has 2 rings (SSSR count). The van der Waals surface area contributed by atoms with Crippen molar-refractivity contribution in [1.82, 2.24) is 5.01 Å². The quantitative estimate of drug-likeness (QED) is 0.584. The lowest BCUT2D eigenvalue weighted by Gasteiger charge is -2.32. The van der Waals surface area contributed by atoms with Gasteiger partial charge in [0.15, 0.2) is 0 Å². The van der Waals surface area contributed by atoms with Crippen molar-refractivity contribution in [2.75, 3.05) is 6.54 Å². The SMILES string of the molecule is NN1C[C@H](O)CC(c2ccc(F)cc2Cl)C1=O. The summed E-state index contributed by atoms with van der Waals surface area (Å²) >= 11 is 5.89. The van der Waals surface area contributed by atoms with E-state index in [1.165, 1.54) is 12.1 Å². The van der Waals surface area contributed by atoms with Crippen LogP contribution in [0.5, 0.6) is 0 Å². The van der Waals surface area contributed by atoms with E-state index in [1.807, 2.05) is 0 Å². The maximum atomic E-state index is 12.9. The molecule has 17 heavy (non-hydrogen) atoms. The zero-order valence-electron chi connectivity index (χ0n) is 8.94. The van der Waals surface area contributed by atoms with Crippen LogP contribution >= 0.6 is 11.6 Å². The molecule has 0 spiro atoms. The third-order valence-electron chi connectivity index (χ3n) is 2.83. The highest BCUT2D eigenvalue weighted by Crippen LogP contribution is 2.32. The van der Waals surface area contributed by atoms with E-state index in [4.69, 9.17) is 17.4 Å². The second-order valence-electron chi connectivity index (χ2n) is 4.10. The fraction of sp³-hybridized carbons (Fsp3) is 0.364. The first-order chi connectivity index (χ1) is 7.99. The van der Waals surface area contributed by atoms with Gasteiger partial charge in [0.05, 0.1) is 18.6 Å². The van der Waals surface area contributed by atoms with E-state index in [2.05, 4.69) is 0 Å². The van der Waals surface area contributed by atoms with E-state index in [-0.39, 0.29) is 23.9 Å². The molecule has 1 unspecified atom stereocenters. The van der Waals surface area contributed by atoms with Crippen LogP contribution in [-0.4, -0.2) is 28.7 Å². The first-order valence-electron chi connectivity index (χ1n) is 5.18. The Morgan fingerprint density at radius 3 is 2.88 bits per heavy atom. The number of rotatable bonds is 1. The van der Waals surface area contributed by atoms with Gasteiger partial charge >= 0.3 is 0 Å². The van der Waals surface area contributed by atoms with Crippen LogP contribution in [0.1, 0.15) is 17.9 Å². The number of amides is 1. The smallest absolute Gasteiger partial charge is 0.244 e. The molecule has 2 atom stereocenters. The Bertz CT molecular complexity index is 455. The number of carbonyl (C=O) groups excluding carboxylic acids is 1. The summed E-state index contributed by atoms with van der Waals surface area (Å²) < 4.78 is 12.9. The van der Waals surface area contributed by atoms with E-state index in [9.17, 15) is 14.3 Å². The number of nitrogens with two attached hydrogens (primary N) is 1. The van der Waals surface area contributed by atoms with Gasteiger partial charge in [0.25, 0.3) is 0 Å². The third kappa shape index (κ3) is 2.41. The summed E-state index contributed by atoms with van der Waals surface area (Å²) in [6.45, 7) is 0.105. The van der Waals surface area contributed by atoms with Crippen molar-refractivity contribution in [3.05, 3.63) is 34.6 Å². The van der Waals surface area contributed by atoms with Crippen molar-refractivity contribution in [3.63, 3.8) is 0 Å². The van der Waals surface area contributed by atoms with Gasteiger partial charge < -0.3 is 5.11 Å². The van der Waals surface area contributed by atoms with Crippen LogP contribution in [-0.2, 0) is 4.79 Å². The number of halogens is 2. The average Bonchev–Trinajstić information content (AvgIpc) is 2.24. The molecule has 1 aromatic rings. The molecule has 0 aliphatic carbocycles. The summed E-state index contributed by atoms with van der Waals surface area (Å²) in [7, 11) is 0. The Balaban J connectivity index is 2.34. The van der Waals surface area contributed by atoms with E-state index < -0.39 is 17.8 Å². The Labute approximate surface area is 103 Å². The summed E-state index contributed by atoms with van der Waals surface area (Å²) in [5.74, 6) is 4.09. The molecule has 92 valence electrons. The van der Waals surface area contributed by atoms with Crippen molar-refractivity contribution in [2.45, 2.75) is 18.4 Å². The second-order valence-corrected chi connectivity index (χ2v) is 4.51. The standard InChI is InChI=1S/C11H12ClFN2O2/c12-10-3-6(13)1-2-8(10)9-4-7(16)5-15(14)11(9)17/h1-3,7,9,16H,4-5,14H2/t7-,9?/m1/s1. The highest BCUT2D eigenvalue weighted by atomic mass is 35.5. The zero-order chi connectivity index (χ0) is 12.6. The first kappa shape index (κ1) is 12.3. The minimum Gasteiger partial charge on any atom is -0.391 e. The first-order valence-corrected chi connectivity index (χ1v) is 5.56. The minimum absolute atomic E-state index is 0.105. The van der Waals surface area contributed by atoms with Crippen molar-refractivity contribution < 1.29 is 14.3 Å². The molecule has 1 saturated heterocycles. The van der Waals surface area contributed by atoms with Crippen LogP contribution < -0.4 is 5.84 Å². The molecule has 3 N–H and O–H groups in total. The van der Waals surface area contributed by atoms with Crippen LogP contribution in [0.3, 0.4) is 0 Å². The van der Waals surface area contributed by atoms with Gasteiger partial charge in [0.2, 0.25) is 5.91 Å². The summed E-state index contributed by atoms with van der Waals surface area (Å²) in [4.78, 5) is 11.8. The highest BCUT2D eigenvalue weighted by molar-refractivity contribution is 6.31. The maximum Gasteiger partial charge on any atom is 0.244 e. The number of aliphatic hydroxyl groups excluding tert-OH is 1. The predicted octanol–water partition coefficient (Wildman–Crippen LogP) is 1.03. The normalized spacial score (nSPS) is 25.2. The van der Waals surface area contributed by atoms with Gasteiger partial charge in [0, 0.05) is 5.02 Å². The molecule has 1 aromatic carbocycles. The lowest BCUT2D eigenvalue weighted by Crippen LogP contribution is -2.50. The van der Waals surface area contributed by atoms with E-state index in [0.717, 1.165) is 11.1 Å². The molecule has 1 aliphatic rings. The Morgan fingerprint density at radius 2 is 2.24 bits per heavy atom. The minimum atomic E-state index is -0.691. The summed E-state index contributed by atoms with van der Waals surface area (Å²) in [5.41, 5.74) is 0.493. The molecular formula is C11H12ClFN2O2. The number of aliphatic hydroxyl groups is 1. The third-order valence-corrected chi connectivity index (χ3v) is 3.16. The molecule has 4 nitrogen and oxygen atoms in total. The molecule has 1 heterocycles. The van der Waals surface area contributed by atoms with Crippen LogP contribution in [0.15, 0.2) is 18.2 Å². The van der Waals surface area contributed by atoms with Gasteiger partial charge in [-0.3, -0.25) is 9.80 Å². The van der Waals surface area contributed by atoms with Gasteiger partial charge in [-0.1, -0.05) is 17.7 Å². The average molecular weight is 259 g/mol. The molecule has 1 aliphatic heterocycles. The predicted molar refractivity (Wildman–Crippen MR) is 60.7 cm³/mol. The number of β-amino-alcohol motifs (C(OH)–C–C–N with tert-alkyl or cyclic N) is 1. The van der Waals surface area contributed by atoms with Gasteiger partial charge in [-0.05, 0) is 24.1 Å². The maximum absolute atomic E-state index is 12.9. The summed E-state index contributed by atoms with van der Waals surface area (Å²) in [5, 5.41) is 10.7. The van der Waals surface area contributed by atoms with Gasteiger partial charge in [-0.15, -0.1) is 0 Å². The number of hydrazine groups is 1. The molecule has 1 fully saturated rings. The number of nitrogens with zero attached hydrogens (tertiary/aromatic N) is 1. The molecule has 0 saturated carbocycles. The number of hydrogen-bond donors (Lipinski definition) is 2. The molecule has 0 radical (unpaired) electrons. The van der Waals surface area contributed by atoms with Crippen molar-refractivity contribution >= 4 is 17.5 Å². The fourth-order valence-corrected chi connectivity index (χ4v) is 2.31. The second kappa shape index (κ2) is 4.60. The van der Waals surface area contributed by atoms with E-state index in [1.54, 1.807) is 0 Å². The van der Waals surface area contributed by atoms with Crippen molar-refractivity contribution in [1.29, 1.82) is 0 Å². The highest BCUT2D eigenvalue weighted by Gasteiger charge is 2.34. The number of carbonyl (C=O) groups is 1. The Hall–Kier alpha value is -1.17. The molecular weight excluding hydrogens is 247 g/mol. The van der Waals surface area contributed by atoms with Gasteiger partial charge in [0.1, 0.15) is 5.82 Å². The topological polar surface area (TPSA) is 66.6 Å². The summed E-state index contributed by atoms with van der Waals surface area (Å²) in [6.07, 6.45) is -0.443. The van der Waals surface area contributed by atoms with Crippen LogP contribution in [0.2, 0.25) is 5.02 Å². The van der Waals surface area contributed by atoms with Crippen LogP contribution in [0.4, 0.5) is 4.39 Å². The van der Waals surface area contributed by atoms with E-state index >= 15 is 0 Å². The zero-order valence-corrected chi connectivity index (χ0v) is 9.69. The number of benzene rings is 1. The van der Waals surface area contributed by atoms with Crippen molar-refractivity contribution in [2.24, 2.45) is 5.84 Å². The largest absolute Gasteiger partial charge is 0.391 e. The fourth-order valence-electron chi connectivity index (χ4n) is 2.01. The Morgan fingerprint density at radius 1 is 1.53 bits per heavy atom. The molecule has 1 amide bonds.